The third-order valence-electron chi connectivity index (χ3n) is 4.35. The van der Waals surface area contributed by atoms with E-state index < -0.39 is 0 Å². The second-order valence-corrected chi connectivity index (χ2v) is 6.25. The molecule has 1 heterocycles. The lowest BCUT2D eigenvalue weighted by molar-refractivity contribution is 0.0569. The van der Waals surface area contributed by atoms with E-state index in [9.17, 15) is 5.11 Å². The summed E-state index contributed by atoms with van der Waals surface area (Å²) >= 11 is 0. The van der Waals surface area contributed by atoms with Crippen LogP contribution in [0, 0.1) is 5.92 Å². The van der Waals surface area contributed by atoms with Crippen LogP contribution in [-0.2, 0) is 0 Å². The molecule has 0 amide bonds. The quantitative estimate of drug-likeness (QED) is 0.875. The van der Waals surface area contributed by atoms with Gasteiger partial charge in [0.15, 0.2) is 0 Å². The van der Waals surface area contributed by atoms with Crippen molar-refractivity contribution >= 4 is 5.69 Å². The minimum atomic E-state index is -0.127. The van der Waals surface area contributed by atoms with Crippen LogP contribution in [0.2, 0.25) is 0 Å². The van der Waals surface area contributed by atoms with Gasteiger partial charge < -0.3 is 14.7 Å². The fraction of sp³-hybridized carbons (Fsp3) is 0.647. The van der Waals surface area contributed by atoms with Gasteiger partial charge in [-0.15, -0.1) is 0 Å². The van der Waals surface area contributed by atoms with Crippen LogP contribution in [0.3, 0.4) is 0 Å². The lowest BCUT2D eigenvalue weighted by Gasteiger charge is -2.44. The van der Waals surface area contributed by atoms with Gasteiger partial charge in [-0.3, -0.25) is 0 Å². The van der Waals surface area contributed by atoms with Gasteiger partial charge in [0.1, 0.15) is 17.1 Å². The van der Waals surface area contributed by atoms with E-state index in [-0.39, 0.29) is 11.4 Å². The van der Waals surface area contributed by atoms with Crippen molar-refractivity contribution in [1.29, 1.82) is 0 Å². The van der Waals surface area contributed by atoms with E-state index in [1.54, 1.807) is 12.1 Å². The van der Waals surface area contributed by atoms with Gasteiger partial charge in [0, 0.05) is 12.6 Å². The summed E-state index contributed by atoms with van der Waals surface area (Å²) in [5.74, 6) is 1.79. The Balaban J connectivity index is 2.31. The Morgan fingerprint density at radius 3 is 2.60 bits per heavy atom. The van der Waals surface area contributed by atoms with Gasteiger partial charge in [-0.2, -0.15) is 0 Å². The molecule has 2 rings (SSSR count). The number of fused-ring (bicyclic) bond motifs is 1. The first kappa shape index (κ1) is 15.0. The number of benzene rings is 1. The van der Waals surface area contributed by atoms with E-state index >= 15 is 0 Å². The van der Waals surface area contributed by atoms with E-state index in [1.807, 2.05) is 6.07 Å². The molecule has 1 aliphatic heterocycles. The number of phenols is 1. The molecule has 0 aromatic heterocycles. The monoisotopic (exact) mass is 277 g/mol. The Labute approximate surface area is 122 Å². The second-order valence-electron chi connectivity index (χ2n) is 6.25. The number of aromatic hydroxyl groups is 1. The van der Waals surface area contributed by atoms with Gasteiger partial charge >= 0.3 is 0 Å². The minimum Gasteiger partial charge on any atom is -0.508 e. The first-order valence-electron chi connectivity index (χ1n) is 7.76. The predicted molar refractivity (Wildman–Crippen MR) is 83.7 cm³/mol. The van der Waals surface area contributed by atoms with Gasteiger partial charge in [-0.05, 0) is 37.3 Å². The van der Waals surface area contributed by atoms with E-state index in [2.05, 4.69) is 32.6 Å². The third-order valence-corrected chi connectivity index (χ3v) is 4.35. The molecule has 0 aliphatic carbocycles. The molecular weight excluding hydrogens is 250 g/mol. The number of anilines is 1. The number of hydrogen-bond acceptors (Lipinski definition) is 3. The van der Waals surface area contributed by atoms with E-state index in [0.29, 0.717) is 5.92 Å². The lowest BCUT2D eigenvalue weighted by Crippen LogP contribution is -2.50. The van der Waals surface area contributed by atoms with Crippen LogP contribution in [0.1, 0.15) is 47.0 Å². The highest BCUT2D eigenvalue weighted by molar-refractivity contribution is 5.63. The van der Waals surface area contributed by atoms with Crippen molar-refractivity contribution in [1.82, 2.24) is 0 Å². The van der Waals surface area contributed by atoms with Crippen molar-refractivity contribution in [3.05, 3.63) is 18.2 Å². The summed E-state index contributed by atoms with van der Waals surface area (Å²) in [5, 5.41) is 9.71. The van der Waals surface area contributed by atoms with Crippen LogP contribution in [0.4, 0.5) is 5.69 Å². The highest BCUT2D eigenvalue weighted by Gasteiger charge is 2.36. The maximum absolute atomic E-state index is 9.71. The maximum atomic E-state index is 9.71. The van der Waals surface area contributed by atoms with Crippen LogP contribution in [-0.4, -0.2) is 23.8 Å². The molecule has 0 spiro atoms. The molecule has 112 valence electrons. The smallest absolute Gasteiger partial charge is 0.147 e. The van der Waals surface area contributed by atoms with Gasteiger partial charge in [-0.1, -0.05) is 27.7 Å². The summed E-state index contributed by atoms with van der Waals surface area (Å²) in [6.45, 7) is 10.8. The molecular formula is C17H27NO2. The maximum Gasteiger partial charge on any atom is 0.147 e. The number of rotatable bonds is 5. The van der Waals surface area contributed by atoms with Crippen molar-refractivity contribution in [2.45, 2.75) is 52.6 Å². The van der Waals surface area contributed by atoms with Crippen LogP contribution < -0.4 is 9.64 Å². The molecule has 0 saturated carbocycles. The third kappa shape index (κ3) is 3.02. The molecule has 0 unspecified atom stereocenters. The number of nitrogens with zero attached hydrogens (tertiary/aromatic N) is 1. The van der Waals surface area contributed by atoms with Crippen LogP contribution >= 0.6 is 0 Å². The minimum absolute atomic E-state index is 0.127. The Kier molecular flexibility index (Phi) is 4.46. The molecule has 3 heteroatoms. The van der Waals surface area contributed by atoms with Gasteiger partial charge in [-0.25, -0.2) is 0 Å². The van der Waals surface area contributed by atoms with Gasteiger partial charge in [0.2, 0.25) is 0 Å². The van der Waals surface area contributed by atoms with Crippen LogP contribution in [0.15, 0.2) is 18.2 Å². The van der Waals surface area contributed by atoms with Gasteiger partial charge in [0.05, 0.1) is 12.2 Å². The molecule has 0 fully saturated rings. The number of hydrogen-bond donors (Lipinski definition) is 1. The van der Waals surface area contributed by atoms with Crippen LogP contribution in [0.5, 0.6) is 11.5 Å². The van der Waals surface area contributed by atoms with Crippen molar-refractivity contribution in [3.63, 3.8) is 0 Å². The summed E-state index contributed by atoms with van der Waals surface area (Å²) in [5.41, 5.74) is 0.985. The number of ether oxygens (including phenoxy) is 1. The van der Waals surface area contributed by atoms with Crippen LogP contribution in [0.25, 0.3) is 0 Å². The zero-order valence-corrected chi connectivity index (χ0v) is 13.1. The average Bonchev–Trinajstić information content (AvgIpc) is 2.43. The SMILES string of the molecule is CCC1(CC)CN(CCC(C)C)c2ccc(O)cc2O1. The van der Waals surface area contributed by atoms with E-state index in [0.717, 1.165) is 37.4 Å². The first-order chi connectivity index (χ1) is 9.49. The summed E-state index contributed by atoms with van der Waals surface area (Å²) in [6, 6.07) is 5.46. The Morgan fingerprint density at radius 2 is 2.00 bits per heavy atom. The lowest BCUT2D eigenvalue weighted by atomic mass is 9.93. The van der Waals surface area contributed by atoms with Crippen molar-refractivity contribution in [2.75, 3.05) is 18.0 Å². The summed E-state index contributed by atoms with van der Waals surface area (Å²) < 4.78 is 6.23. The van der Waals surface area contributed by atoms with E-state index in [4.69, 9.17) is 4.74 Å². The first-order valence-corrected chi connectivity index (χ1v) is 7.76. The predicted octanol–water partition coefficient (Wildman–Crippen LogP) is 4.20. The Bertz CT molecular complexity index is 452. The fourth-order valence-electron chi connectivity index (χ4n) is 2.78. The Hall–Kier alpha value is -1.38. The van der Waals surface area contributed by atoms with Crippen molar-refractivity contribution in [2.24, 2.45) is 5.92 Å². The zero-order valence-electron chi connectivity index (χ0n) is 13.1. The molecule has 1 aliphatic rings. The Morgan fingerprint density at radius 1 is 1.30 bits per heavy atom. The highest BCUT2D eigenvalue weighted by Crippen LogP contribution is 2.41. The zero-order chi connectivity index (χ0) is 14.8. The largest absolute Gasteiger partial charge is 0.508 e. The normalized spacial score (nSPS) is 16.9. The standard InChI is InChI=1S/C17H27NO2/c1-5-17(6-2)12-18(10-9-13(3)4)15-8-7-14(19)11-16(15)20-17/h7-8,11,13,19H,5-6,9-10,12H2,1-4H3. The molecule has 1 aromatic carbocycles. The molecule has 3 nitrogen and oxygen atoms in total. The molecule has 1 N–H and O–H groups in total. The molecule has 0 radical (unpaired) electrons. The fourth-order valence-corrected chi connectivity index (χ4v) is 2.78. The number of phenolic OH excluding ortho intramolecular Hbond substituents is 1. The second kappa shape index (κ2) is 5.94. The van der Waals surface area contributed by atoms with E-state index in [1.165, 1.54) is 6.42 Å². The summed E-state index contributed by atoms with van der Waals surface area (Å²) in [4.78, 5) is 2.42. The summed E-state index contributed by atoms with van der Waals surface area (Å²) in [6.07, 6.45) is 3.14. The van der Waals surface area contributed by atoms with Crippen molar-refractivity contribution in [3.8, 4) is 11.5 Å². The average molecular weight is 277 g/mol. The molecule has 1 aromatic rings. The molecule has 20 heavy (non-hydrogen) atoms. The molecule has 0 bridgehead atoms. The van der Waals surface area contributed by atoms with Crippen molar-refractivity contribution < 1.29 is 9.84 Å². The van der Waals surface area contributed by atoms with Gasteiger partial charge in [0.25, 0.3) is 0 Å². The molecule has 0 atom stereocenters. The summed E-state index contributed by atoms with van der Waals surface area (Å²) in [7, 11) is 0. The highest BCUT2D eigenvalue weighted by atomic mass is 16.5. The molecule has 0 saturated heterocycles. The topological polar surface area (TPSA) is 32.7 Å².